The Morgan fingerprint density at radius 2 is 1.39 bits per heavy atom. The van der Waals surface area contributed by atoms with Crippen LogP contribution >= 0.6 is 0 Å². The number of hydrogen-bond acceptors (Lipinski definition) is 6. The Labute approximate surface area is 459 Å². The number of hydrogen-bond donors (Lipinski definition) is 3. The number of benzene rings is 3. The molecule has 3 aliphatic carbocycles. The Kier molecular flexibility index (Phi) is 17.4. The predicted octanol–water partition coefficient (Wildman–Crippen LogP) is 16.5. The van der Waals surface area contributed by atoms with Crippen molar-refractivity contribution in [2.45, 2.75) is 166 Å². The van der Waals surface area contributed by atoms with E-state index < -0.39 is 11.6 Å². The number of pyridine rings is 1. The number of likely N-dealkylation sites (tertiary alicyclic amines) is 1. The third-order valence-corrected chi connectivity index (χ3v) is 18.4. The van der Waals surface area contributed by atoms with E-state index in [1.54, 1.807) is 26.4 Å². The minimum absolute atomic E-state index is 0.00542. The lowest BCUT2D eigenvalue weighted by atomic mass is 9.74. The van der Waals surface area contributed by atoms with Crippen molar-refractivity contribution in [3.8, 4) is 0 Å². The molecule has 408 valence electrons. The zero-order valence-corrected chi connectivity index (χ0v) is 47.3. The van der Waals surface area contributed by atoms with Crippen LogP contribution in [-0.4, -0.2) is 53.8 Å². The van der Waals surface area contributed by atoms with Crippen LogP contribution in [0.25, 0.3) is 17.0 Å². The third kappa shape index (κ3) is 11.8. The molecule has 9 heteroatoms. The molecule has 77 heavy (non-hydrogen) atoms. The van der Waals surface area contributed by atoms with Crippen LogP contribution in [0.15, 0.2) is 140 Å². The van der Waals surface area contributed by atoms with Gasteiger partial charge >= 0.3 is 0 Å². The Hall–Kier alpha value is -6.31. The molecule has 2 aromatic heterocycles. The number of nitrogens with one attached hydrogen (secondary N) is 3. The van der Waals surface area contributed by atoms with Gasteiger partial charge in [-0.2, -0.15) is 0 Å². The highest BCUT2D eigenvalue weighted by molar-refractivity contribution is 5.81. The van der Waals surface area contributed by atoms with Crippen molar-refractivity contribution in [3.63, 3.8) is 0 Å². The Bertz CT molecular complexity index is 2990. The van der Waals surface area contributed by atoms with Crippen molar-refractivity contribution in [2.24, 2.45) is 17.8 Å². The van der Waals surface area contributed by atoms with Gasteiger partial charge in [-0.05, 0) is 214 Å². The lowest BCUT2D eigenvalue weighted by molar-refractivity contribution is 0.227. The summed E-state index contributed by atoms with van der Waals surface area (Å²) in [5.74, 6) is 1.45. The second kappa shape index (κ2) is 24.1. The standard InChI is InChI=1S/C68H85F2N5O2/c1-13-54(68(41(4)5)73-46(10)77-12)57-18-16-19-58(57)63-39-52-36-50(28-31-62(52)74-63)56-30-29-55(65(56)53-37-59(69)66(60(70)38-53)48-26-24-47(25-27-48)61-20-14-15-32-71-61)49-23-22-42(6)51(35-49)34-43(7)64-21-17-33-75(64)44(8)67(40(2)3)72-45(9)76-11/h14-15,20,22-23,28,31-32,34-41,47-48,55-58,64-65,67-68,72-74H,1,8-10,16-19,21,24-27,29-30,33H2,2-7,11-12H3/b43-34+/t47?,48?,55-,56-,57?,58-,64+,65?,67+,68+/m1/s1. The van der Waals surface area contributed by atoms with Gasteiger partial charge in [0.1, 0.15) is 11.6 Å². The highest BCUT2D eigenvalue weighted by atomic mass is 19.1. The van der Waals surface area contributed by atoms with E-state index in [9.17, 15) is 0 Å². The number of aromatic nitrogens is 2. The quantitative estimate of drug-likeness (QED) is 0.0533. The van der Waals surface area contributed by atoms with Gasteiger partial charge in [0.05, 0.1) is 32.3 Å². The summed E-state index contributed by atoms with van der Waals surface area (Å²) >= 11 is 0. The number of aromatic amines is 1. The predicted molar refractivity (Wildman–Crippen MR) is 313 cm³/mol. The number of ether oxygens (including phenoxy) is 2. The van der Waals surface area contributed by atoms with E-state index in [1.165, 1.54) is 39.1 Å². The van der Waals surface area contributed by atoms with Crippen LogP contribution in [0.4, 0.5) is 8.78 Å². The fraction of sp³-hybridized carbons (Fsp3) is 0.471. The topological polar surface area (TPSA) is 74.4 Å². The molecule has 2 unspecified atom stereocenters. The third-order valence-electron chi connectivity index (χ3n) is 18.4. The van der Waals surface area contributed by atoms with Crippen LogP contribution < -0.4 is 10.6 Å². The summed E-state index contributed by atoms with van der Waals surface area (Å²) in [5, 5.41) is 8.14. The molecule has 0 bridgehead atoms. The van der Waals surface area contributed by atoms with Gasteiger partial charge in [-0.15, -0.1) is 5.73 Å². The van der Waals surface area contributed by atoms with Gasteiger partial charge in [0.25, 0.3) is 0 Å². The Balaban J connectivity index is 1.04. The number of H-pyrrole nitrogens is 1. The maximum absolute atomic E-state index is 17.0. The zero-order valence-electron chi connectivity index (χ0n) is 47.3. The molecular formula is C68H85F2N5O2. The van der Waals surface area contributed by atoms with E-state index in [2.05, 4.69) is 154 Å². The minimum atomic E-state index is -0.413. The number of aryl methyl sites for hydroxylation is 1. The Morgan fingerprint density at radius 3 is 2.03 bits per heavy atom. The number of rotatable bonds is 20. The molecule has 1 aliphatic heterocycles. The summed E-state index contributed by atoms with van der Waals surface area (Å²) in [6.45, 7) is 31.2. The number of halogens is 2. The smallest absolute Gasteiger partial charge is 0.179 e. The highest BCUT2D eigenvalue weighted by Gasteiger charge is 2.42. The van der Waals surface area contributed by atoms with Gasteiger partial charge in [-0.1, -0.05) is 89.3 Å². The first-order valence-electron chi connectivity index (χ1n) is 28.7. The average molecular weight is 1040 g/mol. The van der Waals surface area contributed by atoms with Crippen molar-refractivity contribution < 1.29 is 18.3 Å². The lowest BCUT2D eigenvalue weighted by Gasteiger charge is -2.36. The number of fused-ring (bicyclic) bond motifs is 1. The number of methoxy groups -OCH3 is 2. The largest absolute Gasteiger partial charge is 0.483 e. The van der Waals surface area contributed by atoms with Gasteiger partial charge < -0.3 is 30.0 Å². The van der Waals surface area contributed by atoms with E-state index >= 15 is 8.78 Å². The van der Waals surface area contributed by atoms with Crippen molar-refractivity contribution in [1.29, 1.82) is 0 Å². The molecular weight excluding hydrogens is 957 g/mol. The summed E-state index contributed by atoms with van der Waals surface area (Å²) in [6.07, 6.45) is 14.6. The van der Waals surface area contributed by atoms with Gasteiger partial charge in [0.15, 0.2) is 11.8 Å². The SMILES string of the molecule is C=C=C(C1CCC[C@H]1c1cc2cc([C@H]3CC[C@H](c4ccc(C)c(/C=C(\C)[C@@H]5CCCN5C(=C)[C@@H](NC(=C)OC)C(C)C)c4)C3c3cc(F)c(C4CCC(c5ccccn5)CC4)c(F)c3)ccc2[nH]1)[C@@H](NC(=C)OC)C(C)C. The molecule has 3 N–H and O–H groups in total. The molecule has 5 aromatic rings. The first-order valence-corrected chi connectivity index (χ1v) is 28.7. The Morgan fingerprint density at radius 1 is 0.740 bits per heavy atom. The summed E-state index contributed by atoms with van der Waals surface area (Å²) in [7, 11) is 3.28. The van der Waals surface area contributed by atoms with E-state index in [0.29, 0.717) is 17.7 Å². The van der Waals surface area contributed by atoms with Gasteiger partial charge in [0, 0.05) is 52.7 Å². The van der Waals surface area contributed by atoms with Crippen LogP contribution in [0.3, 0.4) is 0 Å². The fourth-order valence-corrected chi connectivity index (χ4v) is 14.3. The second-order valence-corrected chi connectivity index (χ2v) is 23.7. The molecule has 0 amide bonds. The molecule has 1 saturated heterocycles. The van der Waals surface area contributed by atoms with Gasteiger partial charge in [-0.3, -0.25) is 4.98 Å². The normalized spacial score (nSPS) is 24.5. The van der Waals surface area contributed by atoms with Gasteiger partial charge in [-0.25, -0.2) is 8.78 Å². The summed E-state index contributed by atoms with van der Waals surface area (Å²) in [5.41, 5.74) is 16.1. The molecule has 3 saturated carbocycles. The van der Waals surface area contributed by atoms with Crippen LogP contribution in [0.5, 0.6) is 0 Å². The summed E-state index contributed by atoms with van der Waals surface area (Å²) in [4.78, 5) is 10.9. The summed E-state index contributed by atoms with van der Waals surface area (Å²) < 4.78 is 45.0. The average Bonchev–Trinajstić information content (AvgIpc) is 4.32. The van der Waals surface area contributed by atoms with E-state index in [1.807, 2.05) is 18.3 Å². The fourth-order valence-electron chi connectivity index (χ4n) is 14.3. The van der Waals surface area contributed by atoms with Crippen molar-refractivity contribution in [3.05, 3.63) is 196 Å². The monoisotopic (exact) mass is 1040 g/mol. The van der Waals surface area contributed by atoms with Crippen LogP contribution in [0.1, 0.15) is 186 Å². The molecule has 9 rings (SSSR count). The minimum Gasteiger partial charge on any atom is -0.483 e. The van der Waals surface area contributed by atoms with E-state index in [4.69, 9.17) is 9.47 Å². The summed E-state index contributed by atoms with van der Waals surface area (Å²) in [6, 6.07) is 25.7. The second-order valence-electron chi connectivity index (χ2n) is 23.7. The molecule has 4 fully saturated rings. The molecule has 0 radical (unpaired) electrons. The van der Waals surface area contributed by atoms with Crippen LogP contribution in [0.2, 0.25) is 0 Å². The maximum Gasteiger partial charge on any atom is 0.179 e. The highest BCUT2D eigenvalue weighted by Crippen LogP contribution is 2.56. The van der Waals surface area contributed by atoms with Crippen LogP contribution in [0, 0.1) is 36.3 Å². The lowest BCUT2D eigenvalue weighted by Crippen LogP contribution is -2.43. The maximum atomic E-state index is 17.0. The van der Waals surface area contributed by atoms with Crippen molar-refractivity contribution >= 4 is 17.0 Å². The molecule has 0 spiro atoms. The van der Waals surface area contributed by atoms with Crippen molar-refractivity contribution in [2.75, 3.05) is 20.8 Å². The van der Waals surface area contributed by atoms with Crippen molar-refractivity contribution in [1.82, 2.24) is 25.5 Å². The van der Waals surface area contributed by atoms with E-state index in [-0.39, 0.29) is 71.0 Å². The van der Waals surface area contributed by atoms with E-state index in [0.717, 1.165) is 105 Å². The van der Waals surface area contributed by atoms with Gasteiger partial charge in [0.2, 0.25) is 0 Å². The van der Waals surface area contributed by atoms with Crippen LogP contribution in [-0.2, 0) is 9.47 Å². The number of nitrogens with zero attached hydrogens (tertiary/aromatic N) is 2. The first kappa shape index (κ1) is 55.4. The molecule has 8 atom stereocenters. The first-order chi connectivity index (χ1) is 37.1. The molecule has 7 nitrogen and oxygen atoms in total. The molecule has 4 aliphatic rings. The molecule has 3 heterocycles. The zero-order chi connectivity index (χ0) is 54.7. The molecule has 3 aromatic carbocycles.